The van der Waals surface area contributed by atoms with Crippen LogP contribution >= 0.6 is 11.8 Å². The fourth-order valence-corrected chi connectivity index (χ4v) is 3.89. The van der Waals surface area contributed by atoms with Crippen LogP contribution in [-0.2, 0) is 5.54 Å². The van der Waals surface area contributed by atoms with E-state index in [1.165, 1.54) is 23.9 Å². The minimum Gasteiger partial charge on any atom is -0.428 e. The van der Waals surface area contributed by atoms with Crippen LogP contribution in [0, 0.1) is 0 Å². The molecule has 10 heteroatoms. The Bertz CT molecular complexity index is 953. The molecule has 0 bridgehead atoms. The Morgan fingerprint density at radius 3 is 2.60 bits per heavy atom. The number of benzene rings is 2. The molecule has 2 aromatic rings. The summed E-state index contributed by atoms with van der Waals surface area (Å²) < 4.78 is 54.7. The van der Waals surface area contributed by atoms with Gasteiger partial charge in [-0.05, 0) is 43.2 Å². The van der Waals surface area contributed by atoms with Gasteiger partial charge in [0.25, 0.3) is 5.91 Å². The number of ether oxygens (including phenoxy) is 1. The molecule has 1 atom stereocenters. The van der Waals surface area contributed by atoms with Crippen molar-refractivity contribution in [3.63, 3.8) is 0 Å². The molecular weight excluding hydrogens is 422 g/mol. The summed E-state index contributed by atoms with van der Waals surface area (Å²) in [6.07, 6.45) is -7.79. The molecule has 0 spiro atoms. The molecule has 1 heterocycles. The van der Waals surface area contributed by atoms with E-state index in [0.29, 0.717) is 10.7 Å². The summed E-state index contributed by atoms with van der Waals surface area (Å²) in [5.41, 5.74) is 6.72. The average molecular weight is 441 g/mol. The van der Waals surface area contributed by atoms with E-state index in [-0.39, 0.29) is 5.69 Å². The third-order valence-corrected chi connectivity index (χ3v) is 5.36. The van der Waals surface area contributed by atoms with Gasteiger partial charge >= 0.3 is 12.5 Å². The third-order valence-electron chi connectivity index (χ3n) is 4.56. The van der Waals surface area contributed by atoms with Gasteiger partial charge in [-0.2, -0.15) is 17.6 Å². The number of anilines is 1. The number of aliphatic imine (C=N–C) groups is 1. The molecule has 3 rings (SSSR count). The van der Waals surface area contributed by atoms with Gasteiger partial charge in [-0.3, -0.25) is 9.79 Å². The number of carbonyl (C=O) groups is 1. The van der Waals surface area contributed by atoms with Crippen molar-refractivity contribution in [2.45, 2.75) is 31.4 Å². The minimum atomic E-state index is -4.63. The van der Waals surface area contributed by atoms with Gasteiger partial charge in [-0.25, -0.2) is 0 Å². The van der Waals surface area contributed by atoms with Gasteiger partial charge in [0, 0.05) is 23.1 Å². The number of rotatable bonds is 6. The molecule has 5 nitrogen and oxygen atoms in total. The number of carbonyl (C=O) groups excluding carboxylic acids is 1. The van der Waals surface area contributed by atoms with Crippen molar-refractivity contribution < 1.29 is 27.1 Å². The summed E-state index contributed by atoms with van der Waals surface area (Å²) in [6.45, 7) is 1.97. The van der Waals surface area contributed by atoms with E-state index in [2.05, 4.69) is 15.0 Å². The van der Waals surface area contributed by atoms with Crippen LogP contribution in [0.4, 0.5) is 23.2 Å². The van der Waals surface area contributed by atoms with Gasteiger partial charge < -0.3 is 15.8 Å². The SMILES string of the molecule is CC1(c2ccc(C(=O)Nc3cccc(OC(F)(F)C(F)F)c3)cc2)CCSC(N)=N1. The standard InChI is InChI=1S/C20H19F4N3O2S/c1-19(9-10-30-18(25)27-19)13-7-5-12(6-8-13)16(28)26-14-3-2-4-15(11-14)29-20(23,24)17(21)22/h2-8,11,17H,9-10H2,1H3,(H2,25,27)(H,26,28). The molecule has 1 aliphatic heterocycles. The van der Waals surface area contributed by atoms with E-state index in [1.807, 2.05) is 6.92 Å². The maximum Gasteiger partial charge on any atom is 0.461 e. The first-order valence-electron chi connectivity index (χ1n) is 8.94. The number of nitrogens with zero attached hydrogens (tertiary/aromatic N) is 1. The predicted molar refractivity (Wildman–Crippen MR) is 108 cm³/mol. The van der Waals surface area contributed by atoms with Crippen molar-refractivity contribution in [3.05, 3.63) is 59.7 Å². The summed E-state index contributed by atoms with van der Waals surface area (Å²) in [6, 6.07) is 11.7. The highest BCUT2D eigenvalue weighted by Gasteiger charge is 2.44. The van der Waals surface area contributed by atoms with Crippen LogP contribution in [0.3, 0.4) is 0 Å². The van der Waals surface area contributed by atoms with Gasteiger partial charge in [0.2, 0.25) is 0 Å². The molecule has 0 saturated heterocycles. The lowest BCUT2D eigenvalue weighted by atomic mass is 9.89. The first-order valence-corrected chi connectivity index (χ1v) is 9.93. The molecule has 1 aliphatic rings. The van der Waals surface area contributed by atoms with E-state index in [4.69, 9.17) is 5.73 Å². The van der Waals surface area contributed by atoms with E-state index in [1.54, 1.807) is 24.3 Å². The highest BCUT2D eigenvalue weighted by Crippen LogP contribution is 2.35. The lowest BCUT2D eigenvalue weighted by Crippen LogP contribution is -2.33. The van der Waals surface area contributed by atoms with Crippen molar-refractivity contribution in [1.82, 2.24) is 0 Å². The lowest BCUT2D eigenvalue weighted by Gasteiger charge is -2.29. The van der Waals surface area contributed by atoms with Gasteiger partial charge in [-0.1, -0.05) is 30.0 Å². The van der Waals surface area contributed by atoms with Crippen LogP contribution in [0.25, 0.3) is 0 Å². The fourth-order valence-electron chi connectivity index (χ4n) is 2.92. The predicted octanol–water partition coefficient (Wildman–Crippen LogP) is 4.84. The number of nitrogens with two attached hydrogens (primary N) is 1. The number of hydrogen-bond donors (Lipinski definition) is 2. The first kappa shape index (κ1) is 21.9. The second kappa shape index (κ2) is 8.55. The zero-order valence-corrected chi connectivity index (χ0v) is 16.7. The van der Waals surface area contributed by atoms with E-state index in [0.717, 1.165) is 29.9 Å². The van der Waals surface area contributed by atoms with Crippen molar-refractivity contribution >= 4 is 28.5 Å². The summed E-state index contributed by atoms with van der Waals surface area (Å²) in [5.74, 6) is -0.143. The van der Waals surface area contributed by atoms with E-state index in [9.17, 15) is 22.4 Å². The number of amides is 1. The molecule has 0 radical (unpaired) electrons. The molecule has 160 valence electrons. The highest BCUT2D eigenvalue weighted by atomic mass is 32.2. The number of amidine groups is 1. The molecule has 1 amide bonds. The molecule has 2 aromatic carbocycles. The molecule has 0 fully saturated rings. The number of alkyl halides is 4. The maximum absolute atomic E-state index is 13.1. The maximum atomic E-state index is 13.1. The van der Waals surface area contributed by atoms with Gasteiger partial charge in [-0.15, -0.1) is 0 Å². The smallest absolute Gasteiger partial charge is 0.428 e. The second-order valence-electron chi connectivity index (χ2n) is 6.85. The molecule has 0 aromatic heterocycles. The van der Waals surface area contributed by atoms with Crippen LogP contribution in [0.5, 0.6) is 5.75 Å². The summed E-state index contributed by atoms with van der Waals surface area (Å²) in [4.78, 5) is 17.0. The Labute approximate surface area is 174 Å². The van der Waals surface area contributed by atoms with Gasteiger partial charge in [0.15, 0.2) is 5.17 Å². The normalized spacial score (nSPS) is 19.3. The Kier molecular flexibility index (Phi) is 6.25. The fraction of sp³-hybridized carbons (Fsp3) is 0.300. The molecule has 0 aliphatic carbocycles. The van der Waals surface area contributed by atoms with Crippen molar-refractivity contribution in [2.24, 2.45) is 10.7 Å². The molecule has 0 saturated carbocycles. The highest BCUT2D eigenvalue weighted by molar-refractivity contribution is 8.13. The molecule has 30 heavy (non-hydrogen) atoms. The van der Waals surface area contributed by atoms with Crippen LogP contribution in [0.2, 0.25) is 0 Å². The summed E-state index contributed by atoms with van der Waals surface area (Å²) in [7, 11) is 0. The van der Waals surface area contributed by atoms with Crippen LogP contribution in [0.15, 0.2) is 53.5 Å². The first-order chi connectivity index (χ1) is 14.1. The van der Waals surface area contributed by atoms with Crippen molar-refractivity contribution in [3.8, 4) is 5.75 Å². The molecule has 1 unspecified atom stereocenters. The largest absolute Gasteiger partial charge is 0.461 e. The zero-order chi connectivity index (χ0) is 21.9. The Morgan fingerprint density at radius 2 is 1.97 bits per heavy atom. The Hall–Kier alpha value is -2.75. The number of hydrogen-bond acceptors (Lipinski definition) is 5. The quantitative estimate of drug-likeness (QED) is 0.629. The number of thioether (sulfide) groups is 1. The van der Waals surface area contributed by atoms with E-state index < -0.39 is 29.7 Å². The van der Waals surface area contributed by atoms with Crippen LogP contribution in [-0.4, -0.2) is 29.4 Å². The number of nitrogens with one attached hydrogen (secondary N) is 1. The second-order valence-corrected chi connectivity index (χ2v) is 7.96. The molecule has 3 N–H and O–H groups in total. The Balaban J connectivity index is 1.71. The average Bonchev–Trinajstić information content (AvgIpc) is 2.68. The van der Waals surface area contributed by atoms with Crippen molar-refractivity contribution in [2.75, 3.05) is 11.1 Å². The van der Waals surface area contributed by atoms with Crippen LogP contribution < -0.4 is 15.8 Å². The topological polar surface area (TPSA) is 76.7 Å². The number of halogens is 4. The lowest BCUT2D eigenvalue weighted by molar-refractivity contribution is -0.253. The monoisotopic (exact) mass is 441 g/mol. The van der Waals surface area contributed by atoms with Gasteiger partial charge in [0.1, 0.15) is 5.75 Å². The summed E-state index contributed by atoms with van der Waals surface area (Å²) in [5, 5.41) is 3.05. The molecular formula is C20H19F4N3O2S. The Morgan fingerprint density at radius 1 is 1.27 bits per heavy atom. The zero-order valence-electron chi connectivity index (χ0n) is 15.9. The van der Waals surface area contributed by atoms with Crippen LogP contribution in [0.1, 0.15) is 29.3 Å². The third kappa shape index (κ3) is 5.05. The van der Waals surface area contributed by atoms with Gasteiger partial charge in [0.05, 0.1) is 5.54 Å². The minimum absolute atomic E-state index is 0.125. The van der Waals surface area contributed by atoms with E-state index >= 15 is 0 Å². The van der Waals surface area contributed by atoms with Crippen molar-refractivity contribution in [1.29, 1.82) is 0 Å². The summed E-state index contributed by atoms with van der Waals surface area (Å²) >= 11 is 1.50.